The second-order valence-electron chi connectivity index (χ2n) is 5.18. The summed E-state index contributed by atoms with van der Waals surface area (Å²) in [4.78, 5) is 10.2. The van der Waals surface area contributed by atoms with Crippen LogP contribution in [0.3, 0.4) is 0 Å². The summed E-state index contributed by atoms with van der Waals surface area (Å²) >= 11 is 5.00. The molecule has 0 unspecified atom stereocenters. The monoisotopic (exact) mass is 412 g/mol. The number of aryl methyl sites for hydroxylation is 1. The van der Waals surface area contributed by atoms with Gasteiger partial charge < -0.3 is 10.6 Å². The van der Waals surface area contributed by atoms with Gasteiger partial charge in [0.25, 0.3) is 0 Å². The van der Waals surface area contributed by atoms with Crippen LogP contribution >= 0.6 is 27.3 Å². The van der Waals surface area contributed by atoms with E-state index in [1.807, 2.05) is 19.2 Å². The molecule has 4 nitrogen and oxygen atoms in total. The molecule has 0 amide bonds. The summed E-state index contributed by atoms with van der Waals surface area (Å²) in [7, 11) is 0. The Kier molecular flexibility index (Phi) is 7.65. The Balaban J connectivity index is 1.90. The van der Waals surface area contributed by atoms with Crippen molar-refractivity contribution in [1.29, 1.82) is 0 Å². The summed E-state index contributed by atoms with van der Waals surface area (Å²) < 4.78 is 14.6. The van der Waals surface area contributed by atoms with Gasteiger partial charge in [-0.25, -0.2) is 14.4 Å². The molecule has 2 rings (SSSR count). The van der Waals surface area contributed by atoms with Gasteiger partial charge in [-0.2, -0.15) is 0 Å². The average molecular weight is 413 g/mol. The Labute approximate surface area is 154 Å². The van der Waals surface area contributed by atoms with Crippen molar-refractivity contribution in [2.24, 2.45) is 4.99 Å². The molecule has 0 saturated heterocycles. The first-order chi connectivity index (χ1) is 11.6. The van der Waals surface area contributed by atoms with Gasteiger partial charge in [0.15, 0.2) is 5.96 Å². The standard InChI is InChI=1S/C17H22BrFN4S/c1-3-14-11-22-16(24-14)7-8-21-17(20-4-2)23-10-12-5-6-13(18)9-15(12)19/h5-6,9,11H,3-4,7-8,10H2,1-2H3,(H2,20,21,23). The first-order valence-electron chi connectivity index (χ1n) is 8.02. The smallest absolute Gasteiger partial charge is 0.191 e. The van der Waals surface area contributed by atoms with Gasteiger partial charge in [0, 0.05) is 40.6 Å². The van der Waals surface area contributed by atoms with Crippen LogP contribution in [0.15, 0.2) is 33.9 Å². The molecular weight excluding hydrogens is 391 g/mol. The van der Waals surface area contributed by atoms with Gasteiger partial charge in [0.05, 0.1) is 11.6 Å². The molecule has 0 spiro atoms. The second-order valence-corrected chi connectivity index (χ2v) is 7.30. The van der Waals surface area contributed by atoms with Crippen molar-refractivity contribution >= 4 is 33.2 Å². The van der Waals surface area contributed by atoms with Crippen molar-refractivity contribution in [2.75, 3.05) is 13.1 Å². The quantitative estimate of drug-likeness (QED) is 0.535. The van der Waals surface area contributed by atoms with Crippen LogP contribution < -0.4 is 10.6 Å². The summed E-state index contributed by atoms with van der Waals surface area (Å²) in [6, 6.07) is 5.02. The third-order valence-electron chi connectivity index (χ3n) is 3.35. The van der Waals surface area contributed by atoms with E-state index in [1.54, 1.807) is 17.4 Å². The maximum atomic E-state index is 13.8. The van der Waals surface area contributed by atoms with Crippen LogP contribution in [0.25, 0.3) is 0 Å². The summed E-state index contributed by atoms with van der Waals surface area (Å²) in [5.74, 6) is 0.436. The first-order valence-corrected chi connectivity index (χ1v) is 9.63. The molecule has 130 valence electrons. The zero-order valence-electron chi connectivity index (χ0n) is 13.9. The van der Waals surface area contributed by atoms with Crippen molar-refractivity contribution in [3.8, 4) is 0 Å². The number of rotatable bonds is 7. The van der Waals surface area contributed by atoms with Crippen LogP contribution in [0.5, 0.6) is 0 Å². The summed E-state index contributed by atoms with van der Waals surface area (Å²) in [5, 5.41) is 7.57. The number of nitrogens with one attached hydrogen (secondary N) is 2. The first kappa shape index (κ1) is 18.9. The highest BCUT2D eigenvalue weighted by Gasteiger charge is 2.04. The van der Waals surface area contributed by atoms with Gasteiger partial charge in [-0.1, -0.05) is 28.9 Å². The summed E-state index contributed by atoms with van der Waals surface area (Å²) in [6.07, 6.45) is 3.81. The Morgan fingerprint density at radius 1 is 1.33 bits per heavy atom. The van der Waals surface area contributed by atoms with E-state index >= 15 is 0 Å². The number of aromatic nitrogens is 1. The highest BCUT2D eigenvalue weighted by molar-refractivity contribution is 9.10. The van der Waals surface area contributed by atoms with Crippen molar-refractivity contribution in [2.45, 2.75) is 33.2 Å². The van der Waals surface area contributed by atoms with E-state index in [1.165, 1.54) is 10.9 Å². The van der Waals surface area contributed by atoms with Crippen LogP contribution in [0, 0.1) is 5.82 Å². The normalized spacial score (nSPS) is 11.6. The van der Waals surface area contributed by atoms with Crippen LogP contribution in [0.2, 0.25) is 0 Å². The molecule has 2 aromatic rings. The van der Waals surface area contributed by atoms with Gasteiger partial charge >= 0.3 is 0 Å². The fraction of sp³-hybridized carbons (Fsp3) is 0.412. The largest absolute Gasteiger partial charge is 0.357 e. The van der Waals surface area contributed by atoms with E-state index < -0.39 is 0 Å². The highest BCUT2D eigenvalue weighted by atomic mass is 79.9. The molecule has 0 bridgehead atoms. The minimum absolute atomic E-state index is 0.251. The number of aliphatic imine (C=N–C) groups is 1. The topological polar surface area (TPSA) is 49.3 Å². The van der Waals surface area contributed by atoms with Gasteiger partial charge in [-0.05, 0) is 25.5 Å². The number of benzene rings is 1. The van der Waals surface area contributed by atoms with Gasteiger partial charge in [-0.15, -0.1) is 11.3 Å². The van der Waals surface area contributed by atoms with Crippen molar-refractivity contribution in [3.05, 3.63) is 50.1 Å². The van der Waals surface area contributed by atoms with Gasteiger partial charge in [0.2, 0.25) is 0 Å². The van der Waals surface area contributed by atoms with Crippen molar-refractivity contribution < 1.29 is 4.39 Å². The lowest BCUT2D eigenvalue weighted by Crippen LogP contribution is -2.38. The number of hydrogen-bond donors (Lipinski definition) is 2. The van der Waals surface area contributed by atoms with Crippen LogP contribution in [0.4, 0.5) is 4.39 Å². The van der Waals surface area contributed by atoms with Crippen LogP contribution in [0.1, 0.15) is 29.3 Å². The summed E-state index contributed by atoms with van der Waals surface area (Å²) in [5.41, 5.74) is 0.572. The minimum atomic E-state index is -0.251. The molecule has 0 aliphatic carbocycles. The van der Waals surface area contributed by atoms with Gasteiger partial charge in [-0.3, -0.25) is 0 Å². The molecule has 0 fully saturated rings. The maximum Gasteiger partial charge on any atom is 0.191 e. The molecule has 24 heavy (non-hydrogen) atoms. The molecule has 0 saturated carbocycles. The minimum Gasteiger partial charge on any atom is -0.357 e. The Morgan fingerprint density at radius 3 is 2.83 bits per heavy atom. The zero-order valence-corrected chi connectivity index (χ0v) is 16.3. The van der Waals surface area contributed by atoms with Crippen molar-refractivity contribution in [3.63, 3.8) is 0 Å². The molecule has 0 aliphatic rings. The van der Waals surface area contributed by atoms with Crippen LogP contribution in [-0.4, -0.2) is 24.0 Å². The van der Waals surface area contributed by atoms with E-state index in [0.717, 1.165) is 35.4 Å². The van der Waals surface area contributed by atoms with Crippen molar-refractivity contribution in [1.82, 2.24) is 15.6 Å². The molecule has 1 aromatic carbocycles. The zero-order chi connectivity index (χ0) is 17.4. The third kappa shape index (κ3) is 5.87. The summed E-state index contributed by atoms with van der Waals surface area (Å²) in [6.45, 7) is 5.93. The lowest BCUT2D eigenvalue weighted by molar-refractivity contribution is 0.609. The van der Waals surface area contributed by atoms with E-state index in [-0.39, 0.29) is 5.82 Å². The molecule has 2 N–H and O–H groups in total. The predicted molar refractivity (Wildman–Crippen MR) is 102 cm³/mol. The number of thiazole rings is 1. The second kappa shape index (κ2) is 9.74. The number of guanidine groups is 1. The average Bonchev–Trinajstić information content (AvgIpc) is 3.02. The number of hydrogen-bond acceptors (Lipinski definition) is 3. The molecule has 7 heteroatoms. The van der Waals surface area contributed by atoms with E-state index in [0.29, 0.717) is 18.1 Å². The third-order valence-corrected chi connectivity index (χ3v) is 5.04. The SMILES string of the molecule is CCNC(=NCc1ccc(Br)cc1F)NCCc1ncc(CC)s1. The Morgan fingerprint density at radius 2 is 2.17 bits per heavy atom. The van der Waals surface area contributed by atoms with E-state index in [9.17, 15) is 4.39 Å². The predicted octanol–water partition coefficient (Wildman–Crippen LogP) is 3.90. The Hall–Kier alpha value is -1.47. The fourth-order valence-electron chi connectivity index (χ4n) is 2.07. The number of nitrogens with zero attached hydrogens (tertiary/aromatic N) is 2. The number of halogens is 2. The fourth-order valence-corrected chi connectivity index (χ4v) is 3.27. The molecule has 1 aromatic heterocycles. The highest BCUT2D eigenvalue weighted by Crippen LogP contribution is 2.16. The lowest BCUT2D eigenvalue weighted by atomic mass is 10.2. The van der Waals surface area contributed by atoms with E-state index in [4.69, 9.17) is 0 Å². The Bertz CT molecular complexity index is 687. The van der Waals surface area contributed by atoms with E-state index in [2.05, 4.69) is 43.5 Å². The maximum absolute atomic E-state index is 13.8. The molecular formula is C17H22BrFN4S. The molecule has 0 aliphatic heterocycles. The van der Waals surface area contributed by atoms with Gasteiger partial charge in [0.1, 0.15) is 5.82 Å². The lowest BCUT2D eigenvalue weighted by Gasteiger charge is -2.11. The molecule has 0 radical (unpaired) electrons. The van der Waals surface area contributed by atoms with Crippen LogP contribution in [-0.2, 0) is 19.4 Å². The molecule has 1 heterocycles. The molecule has 0 atom stereocenters.